The number of carbonyl (C=O) groups is 1. The number of carbonyl (C=O) groups excluding carboxylic acids is 1. The summed E-state index contributed by atoms with van der Waals surface area (Å²) in [6.07, 6.45) is 3.73. The zero-order chi connectivity index (χ0) is 18.6. The molecule has 1 aliphatic rings. The number of piperidine rings is 1. The van der Waals surface area contributed by atoms with Gasteiger partial charge in [-0.05, 0) is 54.4 Å². The molecule has 138 valence electrons. The second-order valence-corrected chi connectivity index (χ2v) is 8.73. The summed E-state index contributed by atoms with van der Waals surface area (Å²) < 4.78 is 3.54. The van der Waals surface area contributed by atoms with Crippen LogP contribution in [0.25, 0.3) is 11.0 Å². The summed E-state index contributed by atoms with van der Waals surface area (Å²) in [7, 11) is 1.89. The van der Waals surface area contributed by atoms with Crippen LogP contribution in [-0.4, -0.2) is 42.6 Å². The van der Waals surface area contributed by atoms with Gasteiger partial charge in [-0.3, -0.25) is 14.2 Å². The van der Waals surface area contributed by atoms with Crippen molar-refractivity contribution in [3.05, 3.63) is 11.9 Å². The van der Waals surface area contributed by atoms with E-state index in [9.17, 15) is 4.79 Å². The standard InChI is InChI=1S/C18H30N6O/c1-11-15-14(23(7)20-11)10-24(21-15)12(2)16(25)19-13-8-17(3,4)22-18(5,6)9-13/h10,12-13,22H,8-9H2,1-7H3,(H,19,25)/t12-/m0/s1. The molecule has 3 rings (SSSR count). The summed E-state index contributed by atoms with van der Waals surface area (Å²) in [4.78, 5) is 12.8. The fraction of sp³-hybridized carbons (Fsp3) is 0.722. The lowest BCUT2D eigenvalue weighted by molar-refractivity contribution is -0.125. The van der Waals surface area contributed by atoms with Crippen LogP contribution in [0, 0.1) is 6.92 Å². The first-order valence-electron chi connectivity index (χ1n) is 8.96. The van der Waals surface area contributed by atoms with Gasteiger partial charge >= 0.3 is 0 Å². The number of hydrogen-bond donors (Lipinski definition) is 2. The second kappa shape index (κ2) is 5.83. The summed E-state index contributed by atoms with van der Waals surface area (Å²) in [6, 6.07) is -0.192. The molecule has 1 amide bonds. The third kappa shape index (κ3) is 3.56. The van der Waals surface area contributed by atoms with Crippen molar-refractivity contribution in [1.29, 1.82) is 0 Å². The van der Waals surface area contributed by atoms with E-state index in [4.69, 9.17) is 0 Å². The highest BCUT2D eigenvalue weighted by atomic mass is 16.2. The number of amides is 1. The van der Waals surface area contributed by atoms with Gasteiger partial charge in [0.1, 0.15) is 17.1 Å². The highest BCUT2D eigenvalue weighted by Crippen LogP contribution is 2.29. The third-order valence-corrected chi connectivity index (χ3v) is 5.02. The van der Waals surface area contributed by atoms with Crippen molar-refractivity contribution in [3.8, 4) is 0 Å². The second-order valence-electron chi connectivity index (χ2n) is 8.73. The lowest BCUT2D eigenvalue weighted by Crippen LogP contribution is -2.62. The molecule has 0 aromatic carbocycles. The van der Waals surface area contributed by atoms with Gasteiger partial charge in [0.2, 0.25) is 5.91 Å². The monoisotopic (exact) mass is 346 g/mol. The fourth-order valence-electron chi connectivity index (χ4n) is 4.27. The molecule has 2 aromatic heterocycles. The number of fused-ring (bicyclic) bond motifs is 1. The van der Waals surface area contributed by atoms with E-state index in [2.05, 4.69) is 48.5 Å². The number of hydrogen-bond acceptors (Lipinski definition) is 4. The molecule has 7 heteroatoms. The molecular formula is C18H30N6O. The van der Waals surface area contributed by atoms with Gasteiger partial charge in [0.25, 0.3) is 0 Å². The Morgan fingerprint density at radius 1 is 1.28 bits per heavy atom. The van der Waals surface area contributed by atoms with Gasteiger partial charge in [0.05, 0.1) is 11.9 Å². The Balaban J connectivity index is 1.74. The van der Waals surface area contributed by atoms with E-state index in [0.717, 1.165) is 29.6 Å². The van der Waals surface area contributed by atoms with Crippen LogP contribution >= 0.6 is 0 Å². The molecule has 2 aromatic rings. The summed E-state index contributed by atoms with van der Waals surface area (Å²) >= 11 is 0. The molecule has 3 heterocycles. The summed E-state index contributed by atoms with van der Waals surface area (Å²) in [5.41, 5.74) is 2.69. The zero-order valence-electron chi connectivity index (χ0n) is 16.3. The molecule has 1 fully saturated rings. The highest BCUT2D eigenvalue weighted by molar-refractivity contribution is 5.82. The Hall–Kier alpha value is -1.89. The normalized spacial score (nSPS) is 21.4. The van der Waals surface area contributed by atoms with Crippen molar-refractivity contribution in [1.82, 2.24) is 30.2 Å². The molecule has 0 aliphatic carbocycles. The minimum atomic E-state index is -0.354. The van der Waals surface area contributed by atoms with Crippen molar-refractivity contribution in [3.63, 3.8) is 0 Å². The van der Waals surface area contributed by atoms with Crippen LogP contribution in [0.2, 0.25) is 0 Å². The van der Waals surface area contributed by atoms with E-state index < -0.39 is 0 Å². The van der Waals surface area contributed by atoms with Gasteiger partial charge in [-0.15, -0.1) is 0 Å². The van der Waals surface area contributed by atoms with Crippen LogP contribution in [0.15, 0.2) is 6.20 Å². The van der Waals surface area contributed by atoms with E-state index in [1.807, 2.05) is 27.1 Å². The van der Waals surface area contributed by atoms with Crippen molar-refractivity contribution < 1.29 is 4.79 Å². The average molecular weight is 346 g/mol. The first-order chi connectivity index (χ1) is 11.5. The molecule has 0 unspecified atom stereocenters. The minimum Gasteiger partial charge on any atom is -0.351 e. The Bertz CT molecular complexity index is 749. The quantitative estimate of drug-likeness (QED) is 0.892. The number of nitrogens with zero attached hydrogens (tertiary/aromatic N) is 4. The lowest BCUT2D eigenvalue weighted by atomic mass is 9.79. The predicted molar refractivity (Wildman–Crippen MR) is 98.4 cm³/mol. The van der Waals surface area contributed by atoms with Crippen LogP contribution in [0.4, 0.5) is 0 Å². The van der Waals surface area contributed by atoms with Crippen molar-refractivity contribution >= 4 is 16.9 Å². The average Bonchev–Trinajstić information content (AvgIpc) is 2.97. The number of aromatic nitrogens is 4. The Morgan fingerprint density at radius 3 is 2.44 bits per heavy atom. The molecule has 0 radical (unpaired) electrons. The molecule has 1 saturated heterocycles. The maximum atomic E-state index is 12.8. The summed E-state index contributed by atoms with van der Waals surface area (Å²) in [6.45, 7) is 12.6. The first-order valence-corrected chi connectivity index (χ1v) is 8.96. The van der Waals surface area contributed by atoms with E-state index >= 15 is 0 Å². The fourth-order valence-corrected chi connectivity index (χ4v) is 4.27. The van der Waals surface area contributed by atoms with Gasteiger partial charge in [0.15, 0.2) is 0 Å². The Morgan fingerprint density at radius 2 is 1.88 bits per heavy atom. The minimum absolute atomic E-state index is 0.00605. The topological polar surface area (TPSA) is 76.8 Å². The van der Waals surface area contributed by atoms with Crippen LogP contribution < -0.4 is 10.6 Å². The number of nitrogens with one attached hydrogen (secondary N) is 2. The highest BCUT2D eigenvalue weighted by Gasteiger charge is 2.38. The predicted octanol–water partition coefficient (Wildman–Crippen LogP) is 2.06. The Labute approximate surface area is 149 Å². The van der Waals surface area contributed by atoms with Crippen LogP contribution in [0.3, 0.4) is 0 Å². The maximum absolute atomic E-state index is 12.8. The molecular weight excluding hydrogens is 316 g/mol. The molecule has 0 spiro atoms. The van der Waals surface area contributed by atoms with Gasteiger partial charge in [-0.2, -0.15) is 10.2 Å². The van der Waals surface area contributed by atoms with Crippen molar-refractivity contribution in [2.75, 3.05) is 0 Å². The molecule has 1 atom stereocenters. The SMILES string of the molecule is Cc1nn(C)c2cn([C@@H](C)C(=O)NC3CC(C)(C)NC(C)(C)C3)nc12. The van der Waals surface area contributed by atoms with E-state index in [1.54, 1.807) is 9.36 Å². The molecule has 2 N–H and O–H groups in total. The van der Waals surface area contributed by atoms with Gasteiger partial charge < -0.3 is 10.6 Å². The summed E-state index contributed by atoms with van der Waals surface area (Å²) in [5, 5.41) is 15.8. The van der Waals surface area contributed by atoms with Gasteiger partial charge in [-0.25, -0.2) is 0 Å². The maximum Gasteiger partial charge on any atom is 0.244 e. The number of rotatable bonds is 3. The van der Waals surface area contributed by atoms with Gasteiger partial charge in [-0.1, -0.05) is 0 Å². The molecule has 0 bridgehead atoms. The van der Waals surface area contributed by atoms with Gasteiger partial charge in [0, 0.05) is 24.2 Å². The van der Waals surface area contributed by atoms with Crippen molar-refractivity contribution in [2.24, 2.45) is 7.05 Å². The van der Waals surface area contributed by atoms with E-state index in [1.165, 1.54) is 0 Å². The smallest absolute Gasteiger partial charge is 0.244 e. The molecule has 25 heavy (non-hydrogen) atoms. The Kier molecular flexibility index (Phi) is 4.18. The molecule has 0 saturated carbocycles. The van der Waals surface area contributed by atoms with Crippen LogP contribution in [0.1, 0.15) is 59.2 Å². The summed E-state index contributed by atoms with van der Waals surface area (Å²) in [5.74, 6) is 0.0110. The zero-order valence-corrected chi connectivity index (χ0v) is 16.3. The van der Waals surface area contributed by atoms with E-state index in [-0.39, 0.29) is 29.1 Å². The van der Waals surface area contributed by atoms with Crippen LogP contribution in [0.5, 0.6) is 0 Å². The van der Waals surface area contributed by atoms with Crippen molar-refractivity contribution in [2.45, 2.75) is 77.5 Å². The molecule has 7 nitrogen and oxygen atoms in total. The molecule has 1 aliphatic heterocycles. The third-order valence-electron chi connectivity index (χ3n) is 5.02. The largest absolute Gasteiger partial charge is 0.351 e. The number of aryl methyl sites for hydroxylation is 2. The lowest BCUT2D eigenvalue weighted by Gasteiger charge is -2.46. The first kappa shape index (κ1) is 17.9. The van der Waals surface area contributed by atoms with Crippen LogP contribution in [-0.2, 0) is 11.8 Å². The van der Waals surface area contributed by atoms with E-state index in [0.29, 0.717) is 0 Å².